The molecule has 21 heavy (non-hydrogen) atoms. The van der Waals surface area contributed by atoms with Gasteiger partial charge in [0.2, 0.25) is 0 Å². The first-order valence-electron chi connectivity index (χ1n) is 5.46. The highest BCUT2D eigenvalue weighted by Gasteiger charge is 2.19. The van der Waals surface area contributed by atoms with Gasteiger partial charge in [-0.3, -0.25) is 10.1 Å². The van der Waals surface area contributed by atoms with Crippen molar-refractivity contribution in [1.82, 2.24) is 4.98 Å². The van der Waals surface area contributed by atoms with Gasteiger partial charge in [0.05, 0.1) is 4.70 Å². The topological polar surface area (TPSA) is 55.1 Å². The van der Waals surface area contributed by atoms with E-state index in [2.05, 4.69) is 10.3 Å². The summed E-state index contributed by atoms with van der Waals surface area (Å²) in [5, 5.41) is 2.34. The molecule has 2 aromatic heterocycles. The minimum atomic E-state index is -1.61. The molecule has 0 saturated heterocycles. The van der Waals surface area contributed by atoms with Gasteiger partial charge >= 0.3 is 0 Å². The molecule has 108 valence electrons. The third-order valence-corrected chi connectivity index (χ3v) is 3.66. The Morgan fingerprint density at radius 3 is 2.71 bits per heavy atom. The van der Waals surface area contributed by atoms with Gasteiger partial charge in [0.25, 0.3) is 5.91 Å². The minimum absolute atomic E-state index is 0.0218. The summed E-state index contributed by atoms with van der Waals surface area (Å²) in [4.78, 5) is 15.5. The smallest absolute Gasteiger partial charge is 0.293 e. The lowest BCUT2D eigenvalue weighted by atomic mass is 10.3. The van der Waals surface area contributed by atoms with Crippen LogP contribution in [-0.4, -0.2) is 10.9 Å². The fourth-order valence-electron chi connectivity index (χ4n) is 1.62. The Bertz CT molecular complexity index is 862. The van der Waals surface area contributed by atoms with Gasteiger partial charge in [0.15, 0.2) is 33.6 Å². The molecule has 9 heteroatoms. The molecule has 4 nitrogen and oxygen atoms in total. The highest BCUT2D eigenvalue weighted by molar-refractivity contribution is 7.22. The first kappa shape index (κ1) is 13.9. The van der Waals surface area contributed by atoms with E-state index in [0.717, 1.165) is 17.4 Å². The van der Waals surface area contributed by atoms with Crippen molar-refractivity contribution in [2.24, 2.45) is 0 Å². The highest BCUT2D eigenvalue weighted by atomic mass is 35.5. The maximum absolute atomic E-state index is 13.5. The fourth-order valence-corrected chi connectivity index (χ4v) is 2.65. The molecule has 0 bridgehead atoms. The number of thiazole rings is 1. The Kier molecular flexibility index (Phi) is 3.34. The molecular formula is C12H4ClF3N2O2S. The molecular weight excluding hydrogens is 329 g/mol. The lowest BCUT2D eigenvalue weighted by Crippen LogP contribution is -2.10. The number of hydrogen-bond acceptors (Lipinski definition) is 4. The number of carbonyl (C=O) groups excluding carboxylic acids is 1. The maximum atomic E-state index is 13.5. The number of amides is 1. The van der Waals surface area contributed by atoms with Crippen LogP contribution in [-0.2, 0) is 0 Å². The number of furan rings is 1. The molecule has 0 spiro atoms. The quantitative estimate of drug-likeness (QED) is 0.715. The van der Waals surface area contributed by atoms with Gasteiger partial charge in [-0.2, -0.15) is 0 Å². The predicted octanol–water partition coefficient (Wildman–Crippen LogP) is 4.21. The standard InChI is InChI=1S/C12H4ClF3N2O2S/c13-7-2-1-5(20-7)11(19)18-12-17-10-6(21-12)3-4(14)8(15)9(10)16/h1-3H,(H,17,18,19). The molecule has 0 fully saturated rings. The van der Waals surface area contributed by atoms with Crippen LogP contribution in [0.3, 0.4) is 0 Å². The van der Waals surface area contributed by atoms with E-state index in [1.54, 1.807) is 0 Å². The zero-order valence-corrected chi connectivity index (χ0v) is 11.5. The lowest BCUT2D eigenvalue weighted by Gasteiger charge is -1.96. The second-order valence-electron chi connectivity index (χ2n) is 3.91. The molecule has 0 unspecified atom stereocenters. The van der Waals surface area contributed by atoms with Crippen molar-refractivity contribution in [3.8, 4) is 0 Å². The summed E-state index contributed by atoms with van der Waals surface area (Å²) in [6.45, 7) is 0. The number of anilines is 1. The van der Waals surface area contributed by atoms with Crippen molar-refractivity contribution in [2.45, 2.75) is 0 Å². The summed E-state index contributed by atoms with van der Waals surface area (Å²) in [5.41, 5.74) is -0.355. The molecule has 3 aromatic rings. The number of benzene rings is 1. The summed E-state index contributed by atoms with van der Waals surface area (Å²) in [5.74, 6) is -5.06. The number of nitrogens with one attached hydrogen (secondary N) is 1. The molecule has 3 rings (SSSR count). The van der Waals surface area contributed by atoms with Crippen LogP contribution in [0.4, 0.5) is 18.3 Å². The average Bonchev–Trinajstić information content (AvgIpc) is 3.02. The van der Waals surface area contributed by atoms with Gasteiger partial charge in [0, 0.05) is 0 Å². The van der Waals surface area contributed by atoms with Crippen molar-refractivity contribution >= 4 is 44.2 Å². The summed E-state index contributed by atoms with van der Waals surface area (Å²) in [6, 6.07) is 3.52. The van der Waals surface area contributed by atoms with Crippen molar-refractivity contribution < 1.29 is 22.4 Å². The minimum Gasteiger partial charge on any atom is -0.440 e. The van der Waals surface area contributed by atoms with Gasteiger partial charge in [-0.25, -0.2) is 18.2 Å². The molecule has 0 saturated carbocycles. The van der Waals surface area contributed by atoms with E-state index in [-0.39, 0.29) is 26.3 Å². The van der Waals surface area contributed by atoms with Gasteiger partial charge < -0.3 is 4.42 Å². The van der Waals surface area contributed by atoms with Crippen LogP contribution in [0, 0.1) is 17.5 Å². The van der Waals surface area contributed by atoms with E-state index in [1.165, 1.54) is 12.1 Å². The largest absolute Gasteiger partial charge is 0.440 e. The SMILES string of the molecule is O=C(Nc1nc2c(F)c(F)c(F)cc2s1)c1ccc(Cl)o1. The first-order valence-corrected chi connectivity index (χ1v) is 6.66. The van der Waals surface area contributed by atoms with Gasteiger partial charge in [-0.15, -0.1) is 0 Å². The maximum Gasteiger partial charge on any atom is 0.293 e. The Balaban J connectivity index is 1.95. The van der Waals surface area contributed by atoms with Crippen molar-refractivity contribution in [3.63, 3.8) is 0 Å². The third kappa shape index (κ3) is 2.47. The van der Waals surface area contributed by atoms with E-state index in [4.69, 9.17) is 16.0 Å². The number of rotatable bonds is 2. The van der Waals surface area contributed by atoms with Crippen molar-refractivity contribution in [3.05, 3.63) is 46.6 Å². The molecule has 1 amide bonds. The van der Waals surface area contributed by atoms with E-state index in [1.807, 2.05) is 0 Å². The number of hydrogen-bond donors (Lipinski definition) is 1. The Hall–Kier alpha value is -2.06. The summed E-state index contributed by atoms with van der Waals surface area (Å²) in [6.07, 6.45) is 0. The Morgan fingerprint density at radius 2 is 2.05 bits per heavy atom. The number of nitrogens with zero attached hydrogens (tertiary/aromatic N) is 1. The van der Waals surface area contributed by atoms with Crippen LogP contribution in [0.1, 0.15) is 10.6 Å². The zero-order valence-electron chi connectivity index (χ0n) is 9.92. The summed E-state index contributed by atoms with van der Waals surface area (Å²) < 4.78 is 44.7. The number of fused-ring (bicyclic) bond motifs is 1. The van der Waals surface area contributed by atoms with Crippen LogP contribution in [0.2, 0.25) is 5.22 Å². The summed E-state index contributed by atoms with van der Waals surface area (Å²) in [7, 11) is 0. The summed E-state index contributed by atoms with van der Waals surface area (Å²) >= 11 is 6.33. The van der Waals surface area contributed by atoms with Gasteiger partial charge in [0.1, 0.15) is 5.52 Å². The molecule has 0 aliphatic rings. The highest BCUT2D eigenvalue weighted by Crippen LogP contribution is 2.30. The van der Waals surface area contributed by atoms with Crippen LogP contribution in [0.5, 0.6) is 0 Å². The van der Waals surface area contributed by atoms with E-state index < -0.39 is 23.4 Å². The monoisotopic (exact) mass is 332 g/mol. The van der Waals surface area contributed by atoms with Crippen LogP contribution in [0.25, 0.3) is 10.2 Å². The second kappa shape index (κ2) is 5.05. The van der Waals surface area contributed by atoms with Crippen LogP contribution < -0.4 is 5.32 Å². The van der Waals surface area contributed by atoms with Crippen molar-refractivity contribution in [1.29, 1.82) is 0 Å². The molecule has 0 aliphatic carbocycles. The number of halogens is 4. The molecule has 0 aliphatic heterocycles. The van der Waals surface area contributed by atoms with Crippen LogP contribution >= 0.6 is 22.9 Å². The molecule has 2 heterocycles. The Labute approximate surface area is 124 Å². The molecule has 1 N–H and O–H groups in total. The molecule has 1 aromatic carbocycles. The Morgan fingerprint density at radius 1 is 1.29 bits per heavy atom. The second-order valence-corrected chi connectivity index (χ2v) is 5.31. The van der Waals surface area contributed by atoms with E-state index in [0.29, 0.717) is 0 Å². The van der Waals surface area contributed by atoms with Gasteiger partial charge in [-0.05, 0) is 29.8 Å². The van der Waals surface area contributed by atoms with Gasteiger partial charge in [-0.1, -0.05) is 11.3 Å². The predicted molar refractivity (Wildman–Crippen MR) is 71.2 cm³/mol. The average molecular weight is 333 g/mol. The normalized spacial score (nSPS) is 11.0. The van der Waals surface area contributed by atoms with E-state index in [9.17, 15) is 18.0 Å². The molecule has 0 atom stereocenters. The number of aromatic nitrogens is 1. The number of carbonyl (C=O) groups is 1. The van der Waals surface area contributed by atoms with Crippen molar-refractivity contribution in [2.75, 3.05) is 5.32 Å². The zero-order chi connectivity index (χ0) is 15.1. The fraction of sp³-hybridized carbons (Fsp3) is 0. The van der Waals surface area contributed by atoms with Crippen LogP contribution in [0.15, 0.2) is 22.6 Å². The lowest BCUT2D eigenvalue weighted by molar-refractivity contribution is 0.0997. The molecule has 0 radical (unpaired) electrons. The van der Waals surface area contributed by atoms with E-state index >= 15 is 0 Å². The first-order chi connectivity index (χ1) is 9.95. The third-order valence-electron chi connectivity index (χ3n) is 2.54.